The predicted octanol–water partition coefficient (Wildman–Crippen LogP) is 1.09. The Bertz CT molecular complexity index is 416. The third kappa shape index (κ3) is 3.75. The topological polar surface area (TPSA) is 74.3 Å². The number of rotatable bonds is 3. The van der Waals surface area contributed by atoms with Crippen LogP contribution in [0, 0.1) is 0 Å². The lowest BCUT2D eigenvalue weighted by atomic mass is 10.4. The van der Waals surface area contributed by atoms with E-state index in [1.807, 2.05) is 0 Å². The maximum atomic E-state index is 11.4. The second-order valence-electron chi connectivity index (χ2n) is 3.08. The molecule has 0 aliphatic rings. The molecule has 0 aliphatic heterocycles. The molecule has 5 nitrogen and oxygen atoms in total. The Morgan fingerprint density at radius 3 is 2.93 bits per heavy atom. The van der Waals surface area contributed by atoms with Crippen molar-refractivity contribution in [2.45, 2.75) is 19.6 Å². The highest BCUT2D eigenvalue weighted by Gasteiger charge is 2.07. The van der Waals surface area contributed by atoms with Crippen molar-refractivity contribution in [1.82, 2.24) is 4.57 Å². The Labute approximate surface area is 95.0 Å². The maximum Gasteiger partial charge on any atom is 0.404 e. The van der Waals surface area contributed by atoms with Crippen LogP contribution in [0.2, 0.25) is 0 Å². The summed E-state index contributed by atoms with van der Waals surface area (Å²) in [4.78, 5) is 21.9. The van der Waals surface area contributed by atoms with Gasteiger partial charge in [0.1, 0.15) is 6.10 Å². The molecule has 1 amide bonds. The molecule has 1 atom stereocenters. The molecule has 0 radical (unpaired) electrons. The molecular weight excluding hydrogens is 264 g/mol. The zero-order chi connectivity index (χ0) is 11.4. The molecule has 0 fully saturated rings. The van der Waals surface area contributed by atoms with E-state index in [-0.39, 0.29) is 12.1 Å². The zero-order valence-corrected chi connectivity index (χ0v) is 9.73. The third-order valence-corrected chi connectivity index (χ3v) is 2.22. The van der Waals surface area contributed by atoms with Crippen LogP contribution in [0.15, 0.2) is 27.6 Å². The van der Waals surface area contributed by atoms with Gasteiger partial charge in [0.05, 0.1) is 6.54 Å². The highest BCUT2D eigenvalue weighted by molar-refractivity contribution is 9.10. The minimum Gasteiger partial charge on any atom is -0.445 e. The average molecular weight is 275 g/mol. The maximum absolute atomic E-state index is 11.4. The van der Waals surface area contributed by atoms with E-state index < -0.39 is 12.2 Å². The van der Waals surface area contributed by atoms with Crippen LogP contribution in [0.25, 0.3) is 0 Å². The number of ether oxygens (including phenoxy) is 1. The minimum atomic E-state index is -0.840. The molecule has 0 aromatic carbocycles. The number of aromatic nitrogens is 1. The summed E-state index contributed by atoms with van der Waals surface area (Å²) in [6, 6.07) is 3.18. The summed E-state index contributed by atoms with van der Waals surface area (Å²) in [5.41, 5.74) is 4.69. The molecule has 6 heteroatoms. The first-order valence-corrected chi connectivity index (χ1v) is 5.10. The van der Waals surface area contributed by atoms with Gasteiger partial charge in [-0.2, -0.15) is 0 Å². The standard InChI is InChI=1S/C9H11BrN2O3/c1-6(15-9(11)14)5-12-3-2-7(10)4-8(12)13/h2-4,6H,5H2,1H3,(H2,11,14)/t6-/m0/s1. The Morgan fingerprint density at radius 2 is 2.40 bits per heavy atom. The van der Waals surface area contributed by atoms with E-state index in [9.17, 15) is 9.59 Å². The number of nitrogens with two attached hydrogens (primary N) is 1. The lowest BCUT2D eigenvalue weighted by Gasteiger charge is -2.12. The summed E-state index contributed by atoms with van der Waals surface area (Å²) in [5.74, 6) is 0. The predicted molar refractivity (Wildman–Crippen MR) is 58.5 cm³/mol. The Morgan fingerprint density at radius 1 is 1.73 bits per heavy atom. The Balaban J connectivity index is 2.72. The largest absolute Gasteiger partial charge is 0.445 e. The molecule has 1 aromatic rings. The number of halogens is 1. The normalized spacial score (nSPS) is 12.1. The van der Waals surface area contributed by atoms with Gasteiger partial charge in [0.2, 0.25) is 0 Å². The third-order valence-electron chi connectivity index (χ3n) is 1.73. The molecule has 2 N–H and O–H groups in total. The van der Waals surface area contributed by atoms with Crippen LogP contribution in [0.3, 0.4) is 0 Å². The van der Waals surface area contributed by atoms with Gasteiger partial charge < -0.3 is 15.0 Å². The minimum absolute atomic E-state index is 0.163. The number of primary amides is 1. The molecule has 0 saturated heterocycles. The quantitative estimate of drug-likeness (QED) is 0.897. The van der Waals surface area contributed by atoms with Gasteiger partial charge in [0, 0.05) is 16.7 Å². The second-order valence-corrected chi connectivity index (χ2v) is 4.00. The van der Waals surface area contributed by atoms with Gasteiger partial charge in [-0.05, 0) is 13.0 Å². The van der Waals surface area contributed by atoms with Crippen molar-refractivity contribution in [2.75, 3.05) is 0 Å². The zero-order valence-electron chi connectivity index (χ0n) is 8.14. The van der Waals surface area contributed by atoms with Gasteiger partial charge in [0.25, 0.3) is 5.56 Å². The van der Waals surface area contributed by atoms with E-state index in [1.165, 1.54) is 10.6 Å². The molecule has 0 saturated carbocycles. The highest BCUT2D eigenvalue weighted by atomic mass is 79.9. The van der Waals surface area contributed by atoms with Gasteiger partial charge in [-0.15, -0.1) is 0 Å². The second kappa shape index (κ2) is 4.97. The summed E-state index contributed by atoms with van der Waals surface area (Å²) in [5, 5.41) is 0. The Kier molecular flexibility index (Phi) is 3.90. The van der Waals surface area contributed by atoms with Gasteiger partial charge in [-0.1, -0.05) is 15.9 Å². The lowest BCUT2D eigenvalue weighted by Crippen LogP contribution is -2.29. The fraction of sp³-hybridized carbons (Fsp3) is 0.333. The van der Waals surface area contributed by atoms with Crippen molar-refractivity contribution >= 4 is 22.0 Å². The van der Waals surface area contributed by atoms with Gasteiger partial charge in [0.15, 0.2) is 0 Å². The van der Waals surface area contributed by atoms with Crippen LogP contribution in [0.5, 0.6) is 0 Å². The molecule has 1 aromatic heterocycles. The fourth-order valence-electron chi connectivity index (χ4n) is 1.15. The van der Waals surface area contributed by atoms with E-state index in [1.54, 1.807) is 19.2 Å². The van der Waals surface area contributed by atoms with E-state index in [0.717, 1.165) is 0 Å². The summed E-state index contributed by atoms with van der Waals surface area (Å²) in [6.07, 6.45) is 0.349. The highest BCUT2D eigenvalue weighted by Crippen LogP contribution is 2.04. The number of carbonyl (C=O) groups is 1. The summed E-state index contributed by atoms with van der Waals surface area (Å²) in [7, 11) is 0. The molecule has 1 heterocycles. The van der Waals surface area contributed by atoms with Crippen molar-refractivity contribution in [1.29, 1.82) is 0 Å². The number of nitrogens with zero attached hydrogens (tertiary/aromatic N) is 1. The summed E-state index contributed by atoms with van der Waals surface area (Å²) in [6.45, 7) is 1.95. The molecule has 0 spiro atoms. The molecule has 1 rings (SSSR count). The van der Waals surface area contributed by atoms with Crippen LogP contribution in [0.1, 0.15) is 6.92 Å². The first-order valence-electron chi connectivity index (χ1n) is 4.31. The SMILES string of the molecule is C[C@@H](Cn1ccc(Br)cc1=O)OC(N)=O. The molecule has 0 bridgehead atoms. The fourth-order valence-corrected chi connectivity index (χ4v) is 1.46. The van der Waals surface area contributed by atoms with Crippen LogP contribution >= 0.6 is 15.9 Å². The Hall–Kier alpha value is -1.30. The number of hydrogen-bond donors (Lipinski definition) is 1. The average Bonchev–Trinajstić information content (AvgIpc) is 2.08. The van der Waals surface area contributed by atoms with Gasteiger partial charge in [-0.3, -0.25) is 4.79 Å². The van der Waals surface area contributed by atoms with Crippen molar-refractivity contribution in [2.24, 2.45) is 5.73 Å². The van der Waals surface area contributed by atoms with Crippen LogP contribution in [-0.4, -0.2) is 16.8 Å². The van der Waals surface area contributed by atoms with Crippen molar-refractivity contribution < 1.29 is 9.53 Å². The van der Waals surface area contributed by atoms with Crippen LogP contribution in [-0.2, 0) is 11.3 Å². The monoisotopic (exact) mass is 274 g/mol. The number of hydrogen-bond acceptors (Lipinski definition) is 3. The van der Waals surface area contributed by atoms with Gasteiger partial charge in [-0.25, -0.2) is 4.79 Å². The summed E-state index contributed by atoms with van der Waals surface area (Å²) < 4.78 is 6.86. The first-order chi connectivity index (χ1) is 6.99. The van der Waals surface area contributed by atoms with E-state index in [0.29, 0.717) is 4.47 Å². The van der Waals surface area contributed by atoms with Crippen LogP contribution in [0.4, 0.5) is 4.79 Å². The van der Waals surface area contributed by atoms with E-state index in [2.05, 4.69) is 15.9 Å². The number of carbonyl (C=O) groups excluding carboxylic acids is 1. The number of pyridine rings is 1. The van der Waals surface area contributed by atoms with Crippen molar-refractivity contribution in [3.05, 3.63) is 33.2 Å². The van der Waals surface area contributed by atoms with E-state index in [4.69, 9.17) is 10.5 Å². The lowest BCUT2D eigenvalue weighted by molar-refractivity contribution is 0.106. The van der Waals surface area contributed by atoms with Crippen LogP contribution < -0.4 is 11.3 Å². The van der Waals surface area contributed by atoms with Crippen molar-refractivity contribution in [3.63, 3.8) is 0 Å². The molecule has 0 unspecified atom stereocenters. The smallest absolute Gasteiger partial charge is 0.404 e. The first kappa shape index (κ1) is 11.8. The number of amides is 1. The van der Waals surface area contributed by atoms with E-state index >= 15 is 0 Å². The van der Waals surface area contributed by atoms with Gasteiger partial charge >= 0.3 is 6.09 Å². The molecule has 82 valence electrons. The van der Waals surface area contributed by atoms with Crippen molar-refractivity contribution in [3.8, 4) is 0 Å². The molecule has 0 aliphatic carbocycles. The molecular formula is C9H11BrN2O3. The summed E-state index contributed by atoms with van der Waals surface area (Å²) >= 11 is 3.18. The molecule has 15 heavy (non-hydrogen) atoms.